The van der Waals surface area contributed by atoms with E-state index in [2.05, 4.69) is 18.7 Å². The van der Waals surface area contributed by atoms with Crippen molar-refractivity contribution >= 4 is 0 Å². The summed E-state index contributed by atoms with van der Waals surface area (Å²) in [5.74, 6) is 0.866. The lowest BCUT2D eigenvalue weighted by Gasteiger charge is -2.36. The highest BCUT2D eigenvalue weighted by atomic mass is 15.1. The molecule has 0 radical (unpaired) electrons. The van der Waals surface area contributed by atoms with Gasteiger partial charge in [-0.2, -0.15) is 0 Å². The fourth-order valence-corrected chi connectivity index (χ4v) is 2.61. The predicted molar refractivity (Wildman–Crippen MR) is 67.0 cm³/mol. The summed E-state index contributed by atoms with van der Waals surface area (Å²) < 4.78 is 0. The van der Waals surface area contributed by atoms with Crippen molar-refractivity contribution in [2.75, 3.05) is 19.6 Å². The Bertz CT molecular complexity index is 143. The van der Waals surface area contributed by atoms with Gasteiger partial charge < -0.3 is 10.6 Å². The maximum Gasteiger partial charge on any atom is 0.0170 e. The maximum atomic E-state index is 6.12. The standard InChI is InChI=1S/C13H28N2/c1-3-5-7-12-9-13(14)11-15(10-12)8-6-4-2/h12-13H,3-11,14H2,1-2H3. The van der Waals surface area contributed by atoms with Crippen molar-refractivity contribution in [2.24, 2.45) is 11.7 Å². The molecule has 2 N–H and O–H groups in total. The molecular formula is C13H28N2. The summed E-state index contributed by atoms with van der Waals surface area (Å²) in [7, 11) is 0. The van der Waals surface area contributed by atoms with Gasteiger partial charge in [-0.1, -0.05) is 33.1 Å². The summed E-state index contributed by atoms with van der Waals surface area (Å²) in [6, 6.07) is 0.428. The molecule has 0 spiro atoms. The molecule has 2 unspecified atom stereocenters. The number of nitrogens with zero attached hydrogens (tertiary/aromatic N) is 1. The Morgan fingerprint density at radius 3 is 2.53 bits per heavy atom. The molecule has 1 saturated heterocycles. The number of rotatable bonds is 6. The molecule has 2 nitrogen and oxygen atoms in total. The first-order valence-electron chi connectivity index (χ1n) is 6.74. The molecule has 2 atom stereocenters. The Balaban J connectivity index is 2.27. The van der Waals surface area contributed by atoms with Gasteiger partial charge in [0.15, 0.2) is 0 Å². The van der Waals surface area contributed by atoms with E-state index in [4.69, 9.17) is 5.73 Å². The maximum absolute atomic E-state index is 6.12. The van der Waals surface area contributed by atoms with Crippen molar-refractivity contribution in [1.82, 2.24) is 4.90 Å². The highest BCUT2D eigenvalue weighted by Gasteiger charge is 2.23. The molecular weight excluding hydrogens is 184 g/mol. The highest BCUT2D eigenvalue weighted by Crippen LogP contribution is 2.21. The first-order chi connectivity index (χ1) is 7.26. The van der Waals surface area contributed by atoms with Gasteiger partial charge in [0.05, 0.1) is 0 Å². The van der Waals surface area contributed by atoms with E-state index in [-0.39, 0.29) is 0 Å². The third-order valence-corrected chi connectivity index (χ3v) is 3.44. The van der Waals surface area contributed by atoms with E-state index in [1.165, 1.54) is 51.6 Å². The third kappa shape index (κ3) is 4.98. The minimum absolute atomic E-state index is 0.428. The molecule has 90 valence electrons. The van der Waals surface area contributed by atoms with Crippen molar-refractivity contribution in [3.05, 3.63) is 0 Å². The van der Waals surface area contributed by atoms with Crippen LogP contribution in [-0.2, 0) is 0 Å². The van der Waals surface area contributed by atoms with Crippen LogP contribution >= 0.6 is 0 Å². The normalized spacial score (nSPS) is 28.2. The zero-order valence-electron chi connectivity index (χ0n) is 10.5. The lowest BCUT2D eigenvalue weighted by Crippen LogP contribution is -2.47. The third-order valence-electron chi connectivity index (χ3n) is 3.44. The number of piperidine rings is 1. The summed E-state index contributed by atoms with van der Waals surface area (Å²) in [5.41, 5.74) is 6.12. The average Bonchev–Trinajstić information content (AvgIpc) is 2.23. The molecule has 1 aliphatic rings. The fourth-order valence-electron chi connectivity index (χ4n) is 2.61. The molecule has 0 aromatic carbocycles. The summed E-state index contributed by atoms with van der Waals surface area (Å²) in [4.78, 5) is 2.58. The minimum Gasteiger partial charge on any atom is -0.327 e. The molecule has 0 saturated carbocycles. The van der Waals surface area contributed by atoms with Crippen LogP contribution in [0.15, 0.2) is 0 Å². The van der Waals surface area contributed by atoms with Gasteiger partial charge in [-0.05, 0) is 31.7 Å². The number of nitrogens with two attached hydrogens (primary N) is 1. The van der Waals surface area contributed by atoms with Gasteiger partial charge in [-0.15, -0.1) is 0 Å². The van der Waals surface area contributed by atoms with Crippen LogP contribution in [0.2, 0.25) is 0 Å². The van der Waals surface area contributed by atoms with Crippen LogP contribution in [-0.4, -0.2) is 30.6 Å². The van der Waals surface area contributed by atoms with Crippen LogP contribution in [0.1, 0.15) is 52.4 Å². The second-order valence-electron chi connectivity index (χ2n) is 5.12. The van der Waals surface area contributed by atoms with E-state index in [1.807, 2.05) is 0 Å². The fraction of sp³-hybridized carbons (Fsp3) is 1.00. The van der Waals surface area contributed by atoms with Gasteiger partial charge in [0, 0.05) is 19.1 Å². The molecule has 0 aromatic heterocycles. The van der Waals surface area contributed by atoms with Crippen molar-refractivity contribution in [2.45, 2.75) is 58.4 Å². The molecule has 1 rings (SSSR count). The van der Waals surface area contributed by atoms with Crippen molar-refractivity contribution in [3.63, 3.8) is 0 Å². The molecule has 0 aliphatic carbocycles. The van der Waals surface area contributed by atoms with E-state index >= 15 is 0 Å². The SMILES string of the molecule is CCCCC1CC(N)CN(CCCC)C1. The van der Waals surface area contributed by atoms with E-state index in [9.17, 15) is 0 Å². The van der Waals surface area contributed by atoms with Gasteiger partial charge in [0.2, 0.25) is 0 Å². The van der Waals surface area contributed by atoms with Gasteiger partial charge in [-0.3, -0.25) is 0 Å². The van der Waals surface area contributed by atoms with Gasteiger partial charge in [-0.25, -0.2) is 0 Å². The van der Waals surface area contributed by atoms with Crippen LogP contribution in [0.5, 0.6) is 0 Å². The van der Waals surface area contributed by atoms with Crippen LogP contribution < -0.4 is 5.73 Å². The summed E-state index contributed by atoms with van der Waals surface area (Å²) in [6.45, 7) is 8.22. The Morgan fingerprint density at radius 1 is 1.13 bits per heavy atom. The summed E-state index contributed by atoms with van der Waals surface area (Å²) in [5, 5.41) is 0. The zero-order chi connectivity index (χ0) is 11.1. The quantitative estimate of drug-likeness (QED) is 0.733. The lowest BCUT2D eigenvalue weighted by molar-refractivity contribution is 0.148. The second kappa shape index (κ2) is 7.24. The van der Waals surface area contributed by atoms with E-state index < -0.39 is 0 Å². The Labute approximate surface area is 95.2 Å². The van der Waals surface area contributed by atoms with E-state index in [0.29, 0.717) is 6.04 Å². The zero-order valence-corrected chi connectivity index (χ0v) is 10.5. The first kappa shape index (κ1) is 13.0. The van der Waals surface area contributed by atoms with Gasteiger partial charge >= 0.3 is 0 Å². The van der Waals surface area contributed by atoms with Crippen LogP contribution in [0.3, 0.4) is 0 Å². The van der Waals surface area contributed by atoms with Gasteiger partial charge in [0.25, 0.3) is 0 Å². The number of unbranched alkanes of at least 4 members (excludes halogenated alkanes) is 2. The van der Waals surface area contributed by atoms with E-state index in [0.717, 1.165) is 12.5 Å². The molecule has 1 heterocycles. The molecule has 15 heavy (non-hydrogen) atoms. The number of hydrogen-bond acceptors (Lipinski definition) is 2. The lowest BCUT2D eigenvalue weighted by atomic mass is 9.90. The largest absolute Gasteiger partial charge is 0.327 e. The predicted octanol–water partition coefficient (Wildman–Crippen LogP) is 2.63. The molecule has 0 aromatic rings. The highest BCUT2D eigenvalue weighted by molar-refractivity contribution is 4.81. The monoisotopic (exact) mass is 212 g/mol. The van der Waals surface area contributed by atoms with E-state index in [1.54, 1.807) is 0 Å². The Hall–Kier alpha value is -0.0800. The minimum atomic E-state index is 0.428. The van der Waals surface area contributed by atoms with Crippen molar-refractivity contribution in [3.8, 4) is 0 Å². The van der Waals surface area contributed by atoms with Crippen molar-refractivity contribution in [1.29, 1.82) is 0 Å². The molecule has 1 fully saturated rings. The molecule has 2 heteroatoms. The molecule has 0 bridgehead atoms. The van der Waals surface area contributed by atoms with Crippen LogP contribution in [0, 0.1) is 5.92 Å². The van der Waals surface area contributed by atoms with Crippen LogP contribution in [0.25, 0.3) is 0 Å². The average molecular weight is 212 g/mol. The smallest absolute Gasteiger partial charge is 0.0170 e. The topological polar surface area (TPSA) is 29.3 Å². The number of likely N-dealkylation sites (tertiary alicyclic amines) is 1. The van der Waals surface area contributed by atoms with Crippen molar-refractivity contribution < 1.29 is 0 Å². The van der Waals surface area contributed by atoms with Crippen LogP contribution in [0.4, 0.5) is 0 Å². The number of hydrogen-bond donors (Lipinski definition) is 1. The Morgan fingerprint density at radius 2 is 1.87 bits per heavy atom. The summed E-state index contributed by atoms with van der Waals surface area (Å²) >= 11 is 0. The first-order valence-corrected chi connectivity index (χ1v) is 6.74. The Kier molecular flexibility index (Phi) is 6.26. The second-order valence-corrected chi connectivity index (χ2v) is 5.12. The molecule has 0 amide bonds. The summed E-state index contributed by atoms with van der Waals surface area (Å²) in [6.07, 6.45) is 7.95. The van der Waals surface area contributed by atoms with Gasteiger partial charge in [0.1, 0.15) is 0 Å². The molecule has 1 aliphatic heterocycles.